The summed E-state index contributed by atoms with van der Waals surface area (Å²) >= 11 is 0. The van der Waals surface area contributed by atoms with Gasteiger partial charge in [0.2, 0.25) is 0 Å². The number of anilines is 1. The van der Waals surface area contributed by atoms with E-state index in [4.69, 9.17) is 0 Å². The molecule has 28 heavy (non-hydrogen) atoms. The van der Waals surface area contributed by atoms with E-state index in [9.17, 15) is 13.2 Å². The van der Waals surface area contributed by atoms with E-state index >= 15 is 0 Å². The van der Waals surface area contributed by atoms with Crippen LogP contribution >= 0.6 is 0 Å². The van der Waals surface area contributed by atoms with Crippen LogP contribution in [0.25, 0.3) is 0 Å². The average Bonchev–Trinajstić information content (AvgIpc) is 2.92. The Morgan fingerprint density at radius 3 is 2.54 bits per heavy atom. The van der Waals surface area contributed by atoms with Crippen LogP contribution in [0.1, 0.15) is 37.0 Å². The molecule has 1 heterocycles. The molecule has 0 saturated carbocycles. The third kappa shape index (κ3) is 3.80. The van der Waals surface area contributed by atoms with Gasteiger partial charge in [-0.3, -0.25) is 14.5 Å². The largest absolute Gasteiger partial charge is 0.311 e. The molecule has 1 atom stereocenters. The van der Waals surface area contributed by atoms with Gasteiger partial charge in [0, 0.05) is 17.8 Å². The molecule has 1 N–H and O–H groups in total. The van der Waals surface area contributed by atoms with Crippen LogP contribution in [0, 0.1) is 13.8 Å². The van der Waals surface area contributed by atoms with Gasteiger partial charge >= 0.3 is 0 Å². The number of rotatable bonds is 5. The molecule has 1 aliphatic heterocycles. The Morgan fingerprint density at radius 2 is 1.86 bits per heavy atom. The highest BCUT2D eigenvalue weighted by Gasteiger charge is 2.31. The number of carbonyl (C=O) groups excluding carboxylic acids is 1. The maximum Gasteiger partial charge on any atom is 0.263 e. The lowest BCUT2D eigenvalue weighted by Crippen LogP contribution is -2.39. The average molecular weight is 400 g/mol. The summed E-state index contributed by atoms with van der Waals surface area (Å²) in [6, 6.07) is 11.8. The zero-order valence-electron chi connectivity index (χ0n) is 16.6. The first-order valence-electron chi connectivity index (χ1n) is 9.33. The third-order valence-corrected chi connectivity index (χ3v) is 6.26. The van der Waals surface area contributed by atoms with Gasteiger partial charge in [-0.15, -0.1) is 0 Å². The van der Waals surface area contributed by atoms with Crippen molar-refractivity contribution in [2.75, 3.05) is 11.4 Å². The molecule has 0 radical (unpaired) electrons. The van der Waals surface area contributed by atoms with Gasteiger partial charge in [0.1, 0.15) is 11.9 Å². The Morgan fingerprint density at radius 1 is 1.14 bits per heavy atom. The van der Waals surface area contributed by atoms with Crippen LogP contribution in [-0.4, -0.2) is 32.7 Å². The minimum atomic E-state index is -3.62. The molecular formula is C21H25N3O3S. The van der Waals surface area contributed by atoms with Crippen molar-refractivity contribution in [2.45, 2.75) is 45.1 Å². The number of sulfonamides is 1. The van der Waals surface area contributed by atoms with Crippen LogP contribution in [0.5, 0.6) is 0 Å². The van der Waals surface area contributed by atoms with Crippen molar-refractivity contribution in [1.82, 2.24) is 4.72 Å². The monoisotopic (exact) mass is 399 g/mol. The highest BCUT2D eigenvalue weighted by Crippen LogP contribution is 2.24. The molecule has 2 aromatic carbocycles. The zero-order chi connectivity index (χ0) is 20.5. The predicted molar refractivity (Wildman–Crippen MR) is 111 cm³/mol. The zero-order valence-corrected chi connectivity index (χ0v) is 17.4. The van der Waals surface area contributed by atoms with Gasteiger partial charge in [-0.2, -0.15) is 0 Å². The minimum Gasteiger partial charge on any atom is -0.311 e. The number of carbonyl (C=O) groups is 1. The van der Waals surface area contributed by atoms with Crippen LogP contribution in [0.2, 0.25) is 0 Å². The number of aliphatic imine (C=N–C) groups is 1. The van der Waals surface area contributed by atoms with E-state index in [1.165, 1.54) is 6.07 Å². The van der Waals surface area contributed by atoms with Gasteiger partial charge in [0.25, 0.3) is 15.9 Å². The quantitative estimate of drug-likeness (QED) is 0.839. The van der Waals surface area contributed by atoms with Crippen molar-refractivity contribution in [3.8, 4) is 0 Å². The number of hydrogen-bond acceptors (Lipinski definition) is 4. The second kappa shape index (κ2) is 7.75. The fourth-order valence-corrected chi connectivity index (χ4v) is 4.43. The second-order valence-corrected chi connectivity index (χ2v) is 8.66. The highest BCUT2D eigenvalue weighted by atomic mass is 32.2. The number of benzene rings is 2. The highest BCUT2D eigenvalue weighted by molar-refractivity contribution is 7.90. The van der Waals surface area contributed by atoms with E-state index in [2.05, 4.69) is 9.71 Å². The van der Waals surface area contributed by atoms with E-state index in [1.54, 1.807) is 30.0 Å². The van der Waals surface area contributed by atoms with Crippen molar-refractivity contribution in [3.63, 3.8) is 0 Å². The fraction of sp³-hybridized carbons (Fsp3) is 0.333. The molecule has 2 aromatic rings. The van der Waals surface area contributed by atoms with Crippen molar-refractivity contribution in [3.05, 3.63) is 59.2 Å². The van der Waals surface area contributed by atoms with Crippen LogP contribution < -0.4 is 9.62 Å². The minimum absolute atomic E-state index is 0.166. The van der Waals surface area contributed by atoms with Gasteiger partial charge in [-0.05, 0) is 62.6 Å². The fourth-order valence-electron chi connectivity index (χ4n) is 3.19. The summed E-state index contributed by atoms with van der Waals surface area (Å²) in [5.41, 5.74) is 3.60. The van der Waals surface area contributed by atoms with Crippen molar-refractivity contribution in [2.24, 2.45) is 4.99 Å². The predicted octanol–water partition coefficient (Wildman–Crippen LogP) is 3.17. The molecule has 148 valence electrons. The van der Waals surface area contributed by atoms with Crippen LogP contribution in [0.3, 0.4) is 0 Å². The lowest BCUT2D eigenvalue weighted by atomic mass is 10.1. The Balaban J connectivity index is 1.92. The smallest absolute Gasteiger partial charge is 0.263 e. The lowest BCUT2D eigenvalue weighted by Gasteiger charge is -2.25. The van der Waals surface area contributed by atoms with E-state index < -0.39 is 16.1 Å². The van der Waals surface area contributed by atoms with E-state index in [-0.39, 0.29) is 16.6 Å². The van der Waals surface area contributed by atoms with Crippen molar-refractivity contribution >= 4 is 27.5 Å². The first kappa shape index (κ1) is 20.1. The van der Waals surface area contributed by atoms with Crippen LogP contribution in [0.15, 0.2) is 52.4 Å². The maximum absolute atomic E-state index is 13.1. The van der Waals surface area contributed by atoms with Crippen molar-refractivity contribution < 1.29 is 13.2 Å². The van der Waals surface area contributed by atoms with Gasteiger partial charge in [0.15, 0.2) is 0 Å². The molecule has 1 aliphatic rings. The summed E-state index contributed by atoms with van der Waals surface area (Å²) in [5, 5.41) is 0. The normalized spacial score (nSPS) is 17.1. The number of amides is 1. The SMILES string of the molecule is CCCN(C(=O)C(C)N=C1NS(=O)(=O)c2ccccc21)c1ccc(C)c(C)c1. The lowest BCUT2D eigenvalue weighted by molar-refractivity contribution is -0.119. The molecule has 6 nitrogen and oxygen atoms in total. The van der Waals surface area contributed by atoms with Crippen molar-refractivity contribution in [1.29, 1.82) is 0 Å². The summed E-state index contributed by atoms with van der Waals surface area (Å²) in [6.07, 6.45) is 0.803. The Bertz CT molecular complexity index is 1040. The number of hydrogen-bond donors (Lipinski definition) is 1. The summed E-state index contributed by atoms with van der Waals surface area (Å²) in [4.78, 5) is 19.5. The summed E-state index contributed by atoms with van der Waals surface area (Å²) < 4.78 is 27.0. The van der Waals surface area contributed by atoms with E-state index in [0.29, 0.717) is 12.1 Å². The summed E-state index contributed by atoms with van der Waals surface area (Å²) in [7, 11) is -3.62. The van der Waals surface area contributed by atoms with Gasteiger partial charge in [-0.25, -0.2) is 8.42 Å². The summed E-state index contributed by atoms with van der Waals surface area (Å²) in [6.45, 7) is 8.32. The standard InChI is InChI=1S/C21H25N3O3S/c1-5-12-24(17-11-10-14(2)15(3)13-17)21(25)16(4)22-20-18-8-6-7-9-19(18)28(26,27)23-20/h6-11,13,16H,5,12H2,1-4H3,(H,22,23). The molecule has 1 unspecified atom stereocenters. The molecule has 0 fully saturated rings. The molecule has 0 spiro atoms. The van der Waals surface area contributed by atoms with Gasteiger partial charge < -0.3 is 4.90 Å². The molecule has 0 saturated heterocycles. The third-order valence-electron chi connectivity index (χ3n) is 4.86. The van der Waals surface area contributed by atoms with Gasteiger partial charge in [0.05, 0.1) is 4.90 Å². The van der Waals surface area contributed by atoms with Gasteiger partial charge in [-0.1, -0.05) is 25.1 Å². The number of nitrogens with zero attached hydrogens (tertiary/aromatic N) is 2. The van der Waals surface area contributed by atoms with Crippen LogP contribution in [0.4, 0.5) is 5.69 Å². The molecule has 7 heteroatoms. The molecular weight excluding hydrogens is 374 g/mol. The Labute approximate surface area is 166 Å². The number of fused-ring (bicyclic) bond motifs is 1. The number of aryl methyl sites for hydroxylation is 2. The topological polar surface area (TPSA) is 78.8 Å². The van der Waals surface area contributed by atoms with E-state index in [0.717, 1.165) is 23.2 Å². The second-order valence-electron chi connectivity index (χ2n) is 7.01. The Hall–Kier alpha value is -2.67. The van der Waals surface area contributed by atoms with E-state index in [1.807, 2.05) is 39.0 Å². The molecule has 1 amide bonds. The number of amidine groups is 1. The molecule has 3 rings (SSSR count). The maximum atomic E-state index is 13.1. The molecule has 0 aliphatic carbocycles. The first-order chi connectivity index (χ1) is 13.2. The number of nitrogens with one attached hydrogen (secondary N) is 1. The molecule has 0 aromatic heterocycles. The van der Waals surface area contributed by atoms with Crippen LogP contribution in [-0.2, 0) is 14.8 Å². The molecule has 0 bridgehead atoms. The Kier molecular flexibility index (Phi) is 5.56. The summed E-state index contributed by atoms with van der Waals surface area (Å²) in [5.74, 6) is 0.0502. The first-order valence-corrected chi connectivity index (χ1v) is 10.8.